The zero-order valence-electron chi connectivity index (χ0n) is 14.9. The summed E-state index contributed by atoms with van der Waals surface area (Å²) in [6.45, 7) is 10.0. The molecule has 136 valence electrons. The molecule has 0 heterocycles. The highest BCUT2D eigenvalue weighted by Crippen LogP contribution is 2.23. The summed E-state index contributed by atoms with van der Waals surface area (Å²) in [5, 5.41) is 4.59. The Morgan fingerprint density at radius 2 is 1.60 bits per heavy atom. The second-order valence-electron chi connectivity index (χ2n) is 5.88. The van der Waals surface area contributed by atoms with E-state index in [0.29, 0.717) is 16.7 Å². The molecule has 0 aliphatic carbocycles. The van der Waals surface area contributed by atoms with Crippen LogP contribution in [0, 0.1) is 0 Å². The summed E-state index contributed by atoms with van der Waals surface area (Å²) < 4.78 is 5.80. The molecule has 0 aliphatic heterocycles. The van der Waals surface area contributed by atoms with E-state index in [1.165, 1.54) is 5.56 Å². The largest absolute Gasteiger partial charge is 0.489 e. The summed E-state index contributed by atoms with van der Waals surface area (Å²) in [4.78, 5) is 2.41. The Morgan fingerprint density at radius 1 is 0.920 bits per heavy atom. The third-order valence-electron chi connectivity index (χ3n) is 4.14. The van der Waals surface area contributed by atoms with Crippen LogP contribution in [0.25, 0.3) is 0 Å². The van der Waals surface area contributed by atoms with Gasteiger partial charge in [0.05, 0.1) is 10.0 Å². The second-order valence-corrected chi connectivity index (χ2v) is 6.70. The van der Waals surface area contributed by atoms with Crippen molar-refractivity contribution >= 4 is 23.2 Å². The van der Waals surface area contributed by atoms with Gasteiger partial charge in [0.1, 0.15) is 12.4 Å². The molecule has 0 atom stereocenters. The monoisotopic (exact) mass is 380 g/mol. The molecule has 0 aromatic heterocycles. The first-order valence-electron chi connectivity index (χ1n) is 8.71. The second kappa shape index (κ2) is 10.7. The normalized spacial score (nSPS) is 11.1. The van der Waals surface area contributed by atoms with E-state index in [4.69, 9.17) is 27.9 Å². The molecule has 0 radical (unpaired) electrons. The number of rotatable bonds is 10. The molecule has 0 bridgehead atoms. The third-order valence-corrected chi connectivity index (χ3v) is 4.88. The summed E-state index contributed by atoms with van der Waals surface area (Å²) in [5.74, 6) is 0.845. The topological polar surface area (TPSA) is 24.5 Å². The minimum Gasteiger partial charge on any atom is -0.489 e. The van der Waals surface area contributed by atoms with Gasteiger partial charge in [-0.15, -0.1) is 0 Å². The molecule has 3 nitrogen and oxygen atoms in total. The maximum atomic E-state index is 6.02. The van der Waals surface area contributed by atoms with Gasteiger partial charge in [-0.1, -0.05) is 55.2 Å². The van der Waals surface area contributed by atoms with Crippen LogP contribution >= 0.6 is 23.2 Å². The van der Waals surface area contributed by atoms with Crippen LogP contribution in [0.1, 0.15) is 25.0 Å². The fourth-order valence-electron chi connectivity index (χ4n) is 2.51. The maximum Gasteiger partial charge on any atom is 0.119 e. The number of nitrogens with zero attached hydrogens (tertiary/aromatic N) is 1. The van der Waals surface area contributed by atoms with E-state index < -0.39 is 0 Å². The van der Waals surface area contributed by atoms with Crippen molar-refractivity contribution in [2.45, 2.75) is 27.0 Å². The Labute approximate surface area is 160 Å². The number of nitrogens with one attached hydrogen (secondary N) is 1. The van der Waals surface area contributed by atoms with E-state index in [9.17, 15) is 0 Å². The molecule has 0 amide bonds. The standard InChI is InChI=1S/C20H26Cl2N2O/c1-3-24(4-2)12-11-23-14-16-5-8-18(9-6-16)25-15-17-7-10-19(21)20(22)13-17/h5-10,13,23H,3-4,11-12,14-15H2,1-2H3. The molecule has 0 saturated carbocycles. The van der Waals surface area contributed by atoms with Crippen LogP contribution in [0.5, 0.6) is 5.75 Å². The van der Waals surface area contributed by atoms with Gasteiger partial charge < -0.3 is 15.0 Å². The summed E-state index contributed by atoms with van der Waals surface area (Å²) in [6, 6.07) is 13.7. The maximum absolute atomic E-state index is 6.02. The fraction of sp³-hybridized carbons (Fsp3) is 0.400. The Hall–Kier alpha value is -1.26. The van der Waals surface area contributed by atoms with E-state index >= 15 is 0 Å². The lowest BCUT2D eigenvalue weighted by atomic mass is 10.2. The zero-order chi connectivity index (χ0) is 18.1. The van der Waals surface area contributed by atoms with E-state index in [0.717, 1.165) is 44.0 Å². The van der Waals surface area contributed by atoms with Gasteiger partial charge in [-0.05, 0) is 48.5 Å². The predicted molar refractivity (Wildman–Crippen MR) is 107 cm³/mol. The van der Waals surface area contributed by atoms with Crippen LogP contribution in [-0.2, 0) is 13.2 Å². The Balaban J connectivity index is 1.74. The number of hydrogen-bond donors (Lipinski definition) is 1. The number of halogens is 2. The lowest BCUT2D eigenvalue weighted by molar-refractivity contribution is 0.302. The summed E-state index contributed by atoms with van der Waals surface area (Å²) >= 11 is 11.9. The molecule has 1 N–H and O–H groups in total. The van der Waals surface area contributed by atoms with Crippen LogP contribution in [0.2, 0.25) is 10.0 Å². The molecule has 0 aliphatic rings. The van der Waals surface area contributed by atoms with Crippen molar-refractivity contribution in [3.8, 4) is 5.75 Å². The molecule has 0 saturated heterocycles. The fourth-order valence-corrected chi connectivity index (χ4v) is 2.83. The highest BCUT2D eigenvalue weighted by Gasteiger charge is 2.02. The zero-order valence-corrected chi connectivity index (χ0v) is 16.4. The van der Waals surface area contributed by atoms with Crippen LogP contribution < -0.4 is 10.1 Å². The van der Waals surface area contributed by atoms with Gasteiger partial charge in [-0.3, -0.25) is 0 Å². The minimum absolute atomic E-state index is 0.471. The molecule has 25 heavy (non-hydrogen) atoms. The first-order chi connectivity index (χ1) is 12.1. The van der Waals surface area contributed by atoms with Gasteiger partial charge in [0.2, 0.25) is 0 Å². The number of benzene rings is 2. The molecular weight excluding hydrogens is 355 g/mol. The van der Waals surface area contributed by atoms with Crippen molar-refractivity contribution < 1.29 is 4.74 Å². The van der Waals surface area contributed by atoms with Gasteiger partial charge >= 0.3 is 0 Å². The van der Waals surface area contributed by atoms with Crippen LogP contribution in [0.3, 0.4) is 0 Å². The lowest BCUT2D eigenvalue weighted by Gasteiger charge is -2.18. The van der Waals surface area contributed by atoms with Gasteiger partial charge in [0, 0.05) is 19.6 Å². The molecule has 0 spiro atoms. The minimum atomic E-state index is 0.471. The van der Waals surface area contributed by atoms with Crippen molar-refractivity contribution in [3.05, 3.63) is 63.6 Å². The summed E-state index contributed by atoms with van der Waals surface area (Å²) in [5.41, 5.74) is 2.25. The Bertz CT molecular complexity index is 643. The van der Waals surface area contributed by atoms with E-state index in [1.54, 1.807) is 6.07 Å². The molecular formula is C20H26Cl2N2O. The van der Waals surface area contributed by atoms with E-state index in [1.807, 2.05) is 24.3 Å². The highest BCUT2D eigenvalue weighted by molar-refractivity contribution is 6.42. The van der Waals surface area contributed by atoms with Crippen LogP contribution in [-0.4, -0.2) is 31.1 Å². The van der Waals surface area contributed by atoms with E-state index in [-0.39, 0.29) is 0 Å². The van der Waals surface area contributed by atoms with Crippen molar-refractivity contribution in [2.75, 3.05) is 26.2 Å². The Kier molecular flexibility index (Phi) is 8.56. The average Bonchev–Trinajstić information content (AvgIpc) is 2.64. The summed E-state index contributed by atoms with van der Waals surface area (Å²) in [6.07, 6.45) is 0. The number of likely N-dealkylation sites (N-methyl/N-ethyl adjacent to an activating group) is 1. The van der Waals surface area contributed by atoms with Crippen molar-refractivity contribution in [1.29, 1.82) is 0 Å². The molecule has 5 heteroatoms. The summed E-state index contributed by atoms with van der Waals surface area (Å²) in [7, 11) is 0. The first kappa shape index (κ1) is 20.1. The Morgan fingerprint density at radius 3 is 2.24 bits per heavy atom. The molecule has 2 aromatic carbocycles. The van der Waals surface area contributed by atoms with E-state index in [2.05, 4.69) is 36.2 Å². The smallest absolute Gasteiger partial charge is 0.119 e. The molecule has 2 aromatic rings. The van der Waals surface area contributed by atoms with Gasteiger partial charge in [-0.2, -0.15) is 0 Å². The van der Waals surface area contributed by atoms with Crippen molar-refractivity contribution in [3.63, 3.8) is 0 Å². The molecule has 2 rings (SSSR count). The van der Waals surface area contributed by atoms with Gasteiger partial charge in [0.25, 0.3) is 0 Å². The van der Waals surface area contributed by atoms with Gasteiger partial charge in [-0.25, -0.2) is 0 Å². The van der Waals surface area contributed by atoms with Crippen molar-refractivity contribution in [1.82, 2.24) is 10.2 Å². The third kappa shape index (κ3) is 6.87. The quantitative estimate of drug-likeness (QED) is 0.586. The SMILES string of the molecule is CCN(CC)CCNCc1ccc(OCc2ccc(Cl)c(Cl)c2)cc1. The van der Waals surface area contributed by atoms with Crippen molar-refractivity contribution in [2.24, 2.45) is 0 Å². The highest BCUT2D eigenvalue weighted by atomic mass is 35.5. The first-order valence-corrected chi connectivity index (χ1v) is 9.46. The lowest BCUT2D eigenvalue weighted by Crippen LogP contribution is -2.31. The number of ether oxygens (including phenoxy) is 1. The van der Waals surface area contributed by atoms with Crippen LogP contribution in [0.15, 0.2) is 42.5 Å². The van der Waals surface area contributed by atoms with Gasteiger partial charge in [0.15, 0.2) is 0 Å². The molecule has 0 fully saturated rings. The molecule has 0 unspecified atom stereocenters. The number of hydrogen-bond acceptors (Lipinski definition) is 3. The average molecular weight is 381 g/mol. The predicted octanol–water partition coefficient (Wildman–Crippen LogP) is 5.00. The van der Waals surface area contributed by atoms with Crippen LogP contribution in [0.4, 0.5) is 0 Å².